The van der Waals surface area contributed by atoms with Crippen LogP contribution in [0.1, 0.15) is 29.5 Å². The van der Waals surface area contributed by atoms with Crippen LogP contribution >= 0.6 is 11.8 Å². The Morgan fingerprint density at radius 2 is 1.35 bits per heavy atom. The molecule has 0 spiro atoms. The number of oxazole rings is 1. The molecule has 0 bridgehead atoms. The quantitative estimate of drug-likeness (QED) is 0.0522. The monoisotopic (exact) mass is 1120 g/mol. The van der Waals surface area contributed by atoms with Gasteiger partial charge in [-0.25, -0.2) is 4.98 Å². The SMILES string of the molecule is CC(c1ccccc1)[C@@H]1NC(=O)CNC(=O)[C@H](CO)NC(=O)[C@@H](C(O)C2CN=C(N)N2[C@H]2O[C@H](CO)[C@@H](O)[C@H](O)[C@@H]2O)NC(=O)[C@H](C(O)C2CN=C(N)N2)NC(=O)[C@@H](Cc2ccc3oc(SCc4ccccc4)nc3c2)NC1=O. The van der Waals surface area contributed by atoms with Gasteiger partial charge < -0.3 is 98.5 Å². The third-order valence-electron chi connectivity index (χ3n) is 14.0. The number of aliphatic imine (C=N–C) groups is 2. The van der Waals surface area contributed by atoms with Gasteiger partial charge in [0.1, 0.15) is 72.3 Å². The second-order valence-electron chi connectivity index (χ2n) is 19.4. The van der Waals surface area contributed by atoms with E-state index >= 15 is 4.79 Å². The molecule has 4 aromatic rings. The van der Waals surface area contributed by atoms with Gasteiger partial charge in [0, 0.05) is 18.1 Å². The third-order valence-corrected chi connectivity index (χ3v) is 14.9. The molecule has 79 heavy (non-hydrogen) atoms. The van der Waals surface area contributed by atoms with Gasteiger partial charge in [0.2, 0.25) is 35.4 Å². The van der Waals surface area contributed by atoms with E-state index in [1.165, 1.54) is 11.8 Å². The zero-order valence-corrected chi connectivity index (χ0v) is 43.2. The van der Waals surface area contributed by atoms with Crippen LogP contribution in [0.15, 0.2) is 98.5 Å². The average molecular weight is 1120 g/mol. The molecule has 4 aliphatic rings. The molecule has 2 fully saturated rings. The molecule has 15 atom stereocenters. The molecule has 28 nitrogen and oxygen atoms in total. The van der Waals surface area contributed by atoms with Crippen molar-refractivity contribution in [2.24, 2.45) is 21.5 Å². The van der Waals surface area contributed by atoms with E-state index in [-0.39, 0.29) is 18.9 Å². The smallest absolute Gasteiger partial charge is 0.257 e. The van der Waals surface area contributed by atoms with Crippen molar-refractivity contribution in [3.8, 4) is 0 Å². The van der Waals surface area contributed by atoms with Crippen LogP contribution in [0.5, 0.6) is 0 Å². The summed E-state index contributed by atoms with van der Waals surface area (Å²) in [4.78, 5) is 100. The zero-order valence-electron chi connectivity index (χ0n) is 42.4. The first kappa shape index (κ1) is 57.7. The number of benzene rings is 3. The molecule has 3 aromatic carbocycles. The zero-order chi connectivity index (χ0) is 56.7. The van der Waals surface area contributed by atoms with Gasteiger partial charge >= 0.3 is 0 Å². The number of hydrogen-bond donors (Lipinski definition) is 16. The number of nitrogens with zero attached hydrogens (tertiary/aromatic N) is 4. The predicted molar refractivity (Wildman–Crippen MR) is 280 cm³/mol. The van der Waals surface area contributed by atoms with E-state index in [1.807, 2.05) is 30.3 Å². The van der Waals surface area contributed by atoms with Crippen LogP contribution in [-0.2, 0) is 45.7 Å². The number of ether oxygens (including phenoxy) is 1. The fourth-order valence-electron chi connectivity index (χ4n) is 9.57. The number of thioether (sulfide) groups is 1. The van der Waals surface area contributed by atoms with Crippen molar-refractivity contribution in [1.29, 1.82) is 0 Å². The van der Waals surface area contributed by atoms with Crippen molar-refractivity contribution < 1.29 is 73.7 Å². The van der Waals surface area contributed by atoms with Crippen molar-refractivity contribution in [3.63, 3.8) is 0 Å². The minimum atomic E-state index is -2.26. The number of aliphatic hydroxyl groups is 7. The Morgan fingerprint density at radius 1 is 0.696 bits per heavy atom. The highest BCUT2D eigenvalue weighted by Crippen LogP contribution is 2.30. The van der Waals surface area contributed by atoms with E-state index in [2.05, 4.69) is 52.2 Å². The lowest BCUT2D eigenvalue weighted by Crippen LogP contribution is -2.70. The van der Waals surface area contributed by atoms with Crippen molar-refractivity contribution >= 4 is 70.2 Å². The molecule has 1 aromatic heterocycles. The Morgan fingerprint density at radius 3 is 2.04 bits per heavy atom. The first-order valence-electron chi connectivity index (χ1n) is 25.2. The number of carbonyl (C=O) groups excluding carboxylic acids is 6. The summed E-state index contributed by atoms with van der Waals surface area (Å²) >= 11 is 1.35. The molecule has 6 amide bonds. The van der Waals surface area contributed by atoms with Gasteiger partial charge in [0.25, 0.3) is 5.22 Å². The Hall–Kier alpha value is -7.48. The summed E-state index contributed by atoms with van der Waals surface area (Å²) in [5.41, 5.74) is 15.0. The predicted octanol–water partition coefficient (Wildman–Crippen LogP) is -6.18. The number of aromatic nitrogens is 1. The number of rotatable bonds is 14. The molecule has 8 rings (SSSR count). The van der Waals surface area contributed by atoms with Gasteiger partial charge in [-0.3, -0.25) is 38.8 Å². The van der Waals surface area contributed by atoms with Crippen LogP contribution in [0.25, 0.3) is 11.1 Å². The van der Waals surface area contributed by atoms with Gasteiger partial charge in [-0.2, -0.15) is 0 Å². The van der Waals surface area contributed by atoms with E-state index in [9.17, 15) is 59.7 Å². The minimum absolute atomic E-state index is 0.139. The molecule has 0 saturated carbocycles. The summed E-state index contributed by atoms with van der Waals surface area (Å²) in [6.45, 7) is -1.88. The Labute approximate surface area is 454 Å². The topological polar surface area (TPSA) is 443 Å². The van der Waals surface area contributed by atoms with Crippen LogP contribution in [0.4, 0.5) is 0 Å². The van der Waals surface area contributed by atoms with E-state index in [1.54, 1.807) is 55.5 Å². The summed E-state index contributed by atoms with van der Waals surface area (Å²) < 4.78 is 11.7. The molecule has 0 radical (unpaired) electrons. The Kier molecular flexibility index (Phi) is 18.7. The highest BCUT2D eigenvalue weighted by atomic mass is 32.2. The standard InChI is InChI=1S/C50H63N13O15S/c1-22(25-10-6-3-7-11-25)34-44(74)56-27(15-24-12-13-31-26(14-24)59-50(78-31)79-21-23-8-4-2-5-9-23)43(73)61-35(37(67)28-16-54-48(51)58-28)46(76)62-36(45(75)57-29(19-64)42(72)53-18-33(66)60-34)38(68)30-17-55-49(52)63(30)47-41(71)40(70)39(69)32(20-65)77-47/h2-14,22,27-30,32,34-41,47,64-65,67-71H,15-21H2,1H3,(H2,52,55)(H,53,72)(H,56,74)(H,57,75)(H,60,66)(H,61,73)(H,62,76)(H3,51,54,58)/t22?,27-,28?,29+,30?,32-,34+,35+,36-,37?,38?,39-,40+,41+,47+/m1/s1. The summed E-state index contributed by atoms with van der Waals surface area (Å²) in [5.74, 6) is -7.60. The molecule has 5 heterocycles. The van der Waals surface area contributed by atoms with Crippen LogP contribution in [0, 0.1) is 0 Å². The number of nitrogens with one attached hydrogen (secondary N) is 7. The number of nitrogens with two attached hydrogens (primary N) is 2. The molecule has 29 heteroatoms. The van der Waals surface area contributed by atoms with Crippen molar-refractivity contribution in [2.75, 3.05) is 32.8 Å². The largest absolute Gasteiger partial charge is 0.431 e. The van der Waals surface area contributed by atoms with Crippen molar-refractivity contribution in [2.45, 2.75) is 115 Å². The molecule has 4 aliphatic heterocycles. The third kappa shape index (κ3) is 13.3. The molecule has 18 N–H and O–H groups in total. The summed E-state index contributed by atoms with van der Waals surface area (Å²) in [7, 11) is 0. The highest BCUT2D eigenvalue weighted by Gasteiger charge is 2.52. The lowest BCUT2D eigenvalue weighted by Gasteiger charge is -2.46. The van der Waals surface area contributed by atoms with Crippen LogP contribution in [0.3, 0.4) is 0 Å². The molecule has 0 aliphatic carbocycles. The number of fused-ring (bicyclic) bond motifs is 1. The number of guanidine groups is 2. The van der Waals surface area contributed by atoms with Crippen molar-refractivity contribution in [1.82, 2.24) is 47.1 Å². The lowest BCUT2D eigenvalue weighted by molar-refractivity contribution is -0.260. The number of aliphatic hydroxyl groups excluding tert-OH is 7. The van der Waals surface area contributed by atoms with Gasteiger partial charge in [-0.15, -0.1) is 0 Å². The summed E-state index contributed by atoms with van der Waals surface area (Å²) in [6.07, 6.45) is -13.5. The normalized spacial score (nSPS) is 29.7. The second kappa shape index (κ2) is 25.5. The number of amides is 6. The molecular weight excluding hydrogens is 1050 g/mol. The van der Waals surface area contributed by atoms with Crippen molar-refractivity contribution in [3.05, 3.63) is 95.6 Å². The first-order chi connectivity index (χ1) is 37.8. The van der Waals surface area contributed by atoms with Gasteiger partial charge in [0.15, 0.2) is 23.7 Å². The van der Waals surface area contributed by atoms with Crippen LogP contribution in [-0.4, -0.2) is 211 Å². The fourth-order valence-corrected chi connectivity index (χ4v) is 10.4. The van der Waals surface area contributed by atoms with E-state index in [4.69, 9.17) is 20.6 Å². The summed E-state index contributed by atoms with van der Waals surface area (Å²) in [5, 5.41) is 94.7. The Balaban J connectivity index is 1.16. The minimum Gasteiger partial charge on any atom is -0.431 e. The Bertz CT molecular complexity index is 2900. The molecule has 5 unspecified atom stereocenters. The molecule has 424 valence electrons. The van der Waals surface area contributed by atoms with Crippen LogP contribution in [0.2, 0.25) is 0 Å². The van der Waals surface area contributed by atoms with E-state index in [0.29, 0.717) is 33.2 Å². The van der Waals surface area contributed by atoms with E-state index < -0.39 is 159 Å². The lowest BCUT2D eigenvalue weighted by atomic mass is 9.92. The first-order valence-corrected chi connectivity index (χ1v) is 26.2. The maximum absolute atomic E-state index is 15.0. The average Bonchev–Trinajstić information content (AvgIpc) is 4.23. The van der Waals surface area contributed by atoms with Gasteiger partial charge in [0.05, 0.1) is 44.9 Å². The fraction of sp³-hybridized carbons (Fsp3) is 0.460. The van der Waals surface area contributed by atoms with Crippen LogP contribution < -0.4 is 48.7 Å². The van der Waals surface area contributed by atoms with Gasteiger partial charge in [-0.05, 0) is 28.8 Å². The maximum atomic E-state index is 15.0. The number of carbonyl (C=O) groups is 6. The van der Waals surface area contributed by atoms with Gasteiger partial charge in [-0.1, -0.05) is 85.4 Å². The summed E-state index contributed by atoms with van der Waals surface area (Å²) in [6, 6.07) is 11.0. The van der Waals surface area contributed by atoms with E-state index in [0.717, 1.165) is 10.5 Å². The highest BCUT2D eigenvalue weighted by molar-refractivity contribution is 7.98. The maximum Gasteiger partial charge on any atom is 0.257 e. The number of hydrogen-bond acceptors (Lipinski definition) is 23. The second-order valence-corrected chi connectivity index (χ2v) is 20.3. The molecule has 2 saturated heterocycles. The molecular formula is C50H63N13O15S.